The zero-order valence-corrected chi connectivity index (χ0v) is 29.4. The summed E-state index contributed by atoms with van der Waals surface area (Å²) in [5, 5.41) is 22.3. The van der Waals surface area contributed by atoms with Crippen LogP contribution in [0.5, 0.6) is 0 Å². The van der Waals surface area contributed by atoms with Gasteiger partial charge >= 0.3 is 12.1 Å². The van der Waals surface area contributed by atoms with Crippen LogP contribution < -0.4 is 0 Å². The predicted octanol–water partition coefficient (Wildman–Crippen LogP) is 6.46. The summed E-state index contributed by atoms with van der Waals surface area (Å²) in [5.41, 5.74) is 0.352. The molecule has 9 heteroatoms. The number of hydrogen-bond acceptors (Lipinski definition) is 8. The number of pyridine rings is 1. The summed E-state index contributed by atoms with van der Waals surface area (Å²) in [6.45, 7) is 8.85. The molecule has 5 rings (SSSR count). The second-order valence-corrected chi connectivity index (χ2v) is 14.9. The van der Waals surface area contributed by atoms with Gasteiger partial charge in [0.25, 0.3) is 0 Å². The molecule has 1 aromatic rings. The first kappa shape index (κ1) is 36.3. The number of fused-ring (bicyclic) bond motifs is 2. The normalized spacial score (nSPS) is 34.5. The van der Waals surface area contributed by atoms with Crippen molar-refractivity contribution in [3.63, 3.8) is 0 Å². The molecule has 3 aliphatic heterocycles. The molecule has 8 atom stereocenters. The van der Waals surface area contributed by atoms with Gasteiger partial charge in [0.05, 0.1) is 12.5 Å². The molecule has 2 saturated heterocycles. The fourth-order valence-electron chi connectivity index (χ4n) is 8.08. The minimum Gasteiger partial charge on any atom is -0.457 e. The number of nitrogens with zero attached hydrogens (tertiary/aromatic N) is 3. The van der Waals surface area contributed by atoms with Gasteiger partial charge in [0.2, 0.25) is 0 Å². The van der Waals surface area contributed by atoms with Gasteiger partial charge in [-0.3, -0.25) is 14.7 Å². The smallest absolute Gasteiger partial charge is 0.410 e. The zero-order chi connectivity index (χ0) is 34.3. The number of allylic oxidation sites excluding steroid dienone is 3. The topological polar surface area (TPSA) is 112 Å². The van der Waals surface area contributed by atoms with E-state index in [2.05, 4.69) is 16.8 Å². The maximum atomic E-state index is 13.7. The minimum atomic E-state index is -1.44. The molecule has 2 N–H and O–H groups in total. The zero-order valence-electron chi connectivity index (χ0n) is 29.4. The van der Waals surface area contributed by atoms with Crippen molar-refractivity contribution in [1.29, 1.82) is 0 Å². The molecule has 3 unspecified atom stereocenters. The first-order valence-corrected chi connectivity index (χ1v) is 18.3. The van der Waals surface area contributed by atoms with Gasteiger partial charge in [-0.25, -0.2) is 4.79 Å². The van der Waals surface area contributed by atoms with Gasteiger partial charge in [-0.15, -0.1) is 0 Å². The van der Waals surface area contributed by atoms with Crippen LogP contribution in [0.15, 0.2) is 60.3 Å². The van der Waals surface area contributed by atoms with E-state index in [4.69, 9.17) is 9.47 Å². The van der Waals surface area contributed by atoms with Crippen molar-refractivity contribution in [3.05, 3.63) is 66.0 Å². The highest BCUT2D eigenvalue weighted by atomic mass is 16.6. The molecule has 0 aromatic carbocycles. The van der Waals surface area contributed by atoms with Gasteiger partial charge in [-0.05, 0) is 76.2 Å². The fraction of sp³-hybridized carbons (Fsp3) is 0.667. The largest absolute Gasteiger partial charge is 0.457 e. The number of carbonyl (C=O) groups excluding carboxylic acids is 2. The Labute approximate surface area is 287 Å². The number of likely N-dealkylation sites (tertiary alicyclic amines) is 1. The molecule has 4 heterocycles. The Hall–Kier alpha value is -3.01. The first-order valence-electron chi connectivity index (χ1n) is 18.3. The summed E-state index contributed by atoms with van der Waals surface area (Å²) in [4.78, 5) is 35.6. The highest BCUT2D eigenvalue weighted by Gasteiger charge is 2.45. The van der Waals surface area contributed by atoms with Crippen molar-refractivity contribution < 1.29 is 29.3 Å². The van der Waals surface area contributed by atoms with E-state index >= 15 is 0 Å². The second-order valence-electron chi connectivity index (χ2n) is 14.9. The van der Waals surface area contributed by atoms with Crippen molar-refractivity contribution in [2.45, 2.75) is 146 Å². The van der Waals surface area contributed by atoms with Gasteiger partial charge in [-0.2, -0.15) is 0 Å². The van der Waals surface area contributed by atoms with Crippen molar-refractivity contribution >= 4 is 12.1 Å². The Morgan fingerprint density at radius 2 is 1.77 bits per heavy atom. The van der Waals surface area contributed by atoms with Crippen LogP contribution in [0.3, 0.4) is 0 Å². The van der Waals surface area contributed by atoms with Crippen LogP contribution in [0.1, 0.15) is 110 Å². The van der Waals surface area contributed by atoms with E-state index in [1.807, 2.05) is 61.3 Å². The lowest BCUT2D eigenvalue weighted by Crippen LogP contribution is -2.59. The molecular weight excluding hydrogens is 606 g/mol. The third kappa shape index (κ3) is 9.36. The molecule has 2 bridgehead atoms. The summed E-state index contributed by atoms with van der Waals surface area (Å²) < 4.78 is 12.0. The average Bonchev–Trinajstić information content (AvgIpc) is 3.23. The highest BCUT2D eigenvalue weighted by Crippen LogP contribution is 2.37. The first-order chi connectivity index (χ1) is 23.0. The Kier molecular flexibility index (Phi) is 12.5. The molecule has 1 aliphatic carbocycles. The van der Waals surface area contributed by atoms with E-state index in [0.717, 1.165) is 24.1 Å². The number of esters is 1. The minimum absolute atomic E-state index is 0.106. The van der Waals surface area contributed by atoms with Gasteiger partial charge in [0, 0.05) is 54.9 Å². The number of piperazine rings is 1. The maximum absolute atomic E-state index is 13.7. The lowest BCUT2D eigenvalue weighted by molar-refractivity contribution is -0.151. The van der Waals surface area contributed by atoms with Crippen LogP contribution in [-0.2, 0) is 14.3 Å². The van der Waals surface area contributed by atoms with Gasteiger partial charge in [-0.1, -0.05) is 69.9 Å². The molecule has 3 fully saturated rings. The highest BCUT2D eigenvalue weighted by molar-refractivity contribution is 5.70. The lowest BCUT2D eigenvalue weighted by Gasteiger charge is -2.45. The molecule has 0 radical (unpaired) electrons. The van der Waals surface area contributed by atoms with Crippen LogP contribution >= 0.6 is 0 Å². The lowest BCUT2D eigenvalue weighted by atomic mass is 9.88. The molecule has 0 spiro atoms. The second kappa shape index (κ2) is 16.6. The summed E-state index contributed by atoms with van der Waals surface area (Å²) in [5.74, 6) is -0.680. The molecular formula is C39H57N3O6. The third-order valence-corrected chi connectivity index (χ3v) is 11.0. The number of aliphatic hydroxyl groups excluding tert-OH is 1. The monoisotopic (exact) mass is 663 g/mol. The molecule has 264 valence electrons. The van der Waals surface area contributed by atoms with Gasteiger partial charge in [0.15, 0.2) is 6.10 Å². The number of cyclic esters (lactones) is 1. The van der Waals surface area contributed by atoms with Crippen LogP contribution in [0, 0.1) is 5.92 Å². The number of hydrogen-bond donors (Lipinski definition) is 2. The molecule has 1 aromatic heterocycles. The summed E-state index contributed by atoms with van der Waals surface area (Å²) >= 11 is 0. The molecule has 48 heavy (non-hydrogen) atoms. The Bertz CT molecular complexity index is 1290. The number of ether oxygens (including phenoxy) is 2. The third-order valence-electron chi connectivity index (χ3n) is 11.0. The molecule has 4 aliphatic rings. The number of aliphatic hydroxyl groups is 2. The number of carbonyl (C=O) groups is 2. The van der Waals surface area contributed by atoms with E-state index < -0.39 is 36.0 Å². The van der Waals surface area contributed by atoms with Crippen LogP contribution in [-0.4, -0.2) is 92.2 Å². The SMILES string of the molecule is C/C(=C\C=C\C(C)c1ccccn1)[C@H]1OC(=O)C[C@@H](O)CC[C@](C)(O)[C@@H](OC(=O)N2CC3CCC(C2)N3C2CCCCCC2)/C=C/[C@@H]1C. The van der Waals surface area contributed by atoms with Crippen LogP contribution in [0.25, 0.3) is 0 Å². The fourth-order valence-corrected chi connectivity index (χ4v) is 8.08. The summed E-state index contributed by atoms with van der Waals surface area (Å²) in [6.07, 6.45) is 18.4. The quantitative estimate of drug-likeness (QED) is 0.154. The van der Waals surface area contributed by atoms with E-state index in [1.54, 1.807) is 19.2 Å². The molecule has 9 nitrogen and oxygen atoms in total. The van der Waals surface area contributed by atoms with Crippen LogP contribution in [0.2, 0.25) is 0 Å². The maximum Gasteiger partial charge on any atom is 0.410 e. The van der Waals surface area contributed by atoms with E-state index in [0.29, 0.717) is 31.2 Å². The van der Waals surface area contributed by atoms with E-state index in [-0.39, 0.29) is 31.1 Å². The number of amides is 1. The van der Waals surface area contributed by atoms with Gasteiger partial charge < -0.3 is 24.6 Å². The standard InChI is InChI=1S/C39H57N3O6/c1-27(34-16-9-10-23-40-34)12-11-13-28(2)37-29(3)17-20-35(39(4,46)22-21-33(43)24-36(44)48-37)47-38(45)41-25-31-18-19-32(26-41)42(31)30-14-7-5-6-8-15-30/h9-13,16-17,20,23,27,29-33,35,37,43,46H,5-8,14-15,18-19,21-22,24-26H2,1-4H3/b12-11+,20-17+,28-13+/t27?,29-,31?,32?,33-,35-,37+,39-/m0/s1. The van der Waals surface area contributed by atoms with Crippen molar-refractivity contribution in [2.75, 3.05) is 13.1 Å². The predicted molar refractivity (Wildman–Crippen MR) is 186 cm³/mol. The Balaban J connectivity index is 1.29. The molecule has 1 saturated carbocycles. The van der Waals surface area contributed by atoms with Crippen molar-refractivity contribution in [2.24, 2.45) is 5.92 Å². The summed E-state index contributed by atoms with van der Waals surface area (Å²) in [7, 11) is 0. The van der Waals surface area contributed by atoms with Crippen molar-refractivity contribution in [3.8, 4) is 0 Å². The van der Waals surface area contributed by atoms with Crippen LogP contribution in [0.4, 0.5) is 4.79 Å². The average molecular weight is 664 g/mol. The van der Waals surface area contributed by atoms with E-state index in [9.17, 15) is 19.8 Å². The number of rotatable bonds is 6. The Morgan fingerprint density at radius 3 is 2.44 bits per heavy atom. The molecule has 1 amide bonds. The summed E-state index contributed by atoms with van der Waals surface area (Å²) in [6, 6.07) is 7.17. The number of aromatic nitrogens is 1. The Morgan fingerprint density at radius 1 is 1.06 bits per heavy atom. The van der Waals surface area contributed by atoms with Crippen molar-refractivity contribution in [1.82, 2.24) is 14.8 Å². The van der Waals surface area contributed by atoms with Gasteiger partial charge in [0.1, 0.15) is 11.7 Å². The van der Waals surface area contributed by atoms with E-state index in [1.165, 1.54) is 38.5 Å².